The molecular weight excluding hydrogens is 240 g/mol. The molecule has 0 nitrogen and oxygen atoms in total. The molecule has 1 aliphatic carbocycles. The summed E-state index contributed by atoms with van der Waals surface area (Å²) in [5.41, 5.74) is 3.52. The SMILES string of the molecule is CC.CC(C)C1=C(C(C)C)CCCC1.CCC.CCC. The molecule has 0 heterocycles. The van der Waals surface area contributed by atoms with Gasteiger partial charge in [-0.2, -0.15) is 0 Å². The van der Waals surface area contributed by atoms with E-state index in [2.05, 4.69) is 55.4 Å². The van der Waals surface area contributed by atoms with Crippen molar-refractivity contribution < 1.29 is 0 Å². The lowest BCUT2D eigenvalue weighted by Crippen LogP contribution is -2.09. The lowest BCUT2D eigenvalue weighted by Gasteiger charge is -2.25. The predicted molar refractivity (Wildman–Crippen MR) is 98.4 cm³/mol. The molecule has 0 unspecified atom stereocenters. The second-order valence-corrected chi connectivity index (χ2v) is 5.98. The van der Waals surface area contributed by atoms with E-state index in [1.807, 2.05) is 13.8 Å². The molecule has 0 saturated carbocycles. The Morgan fingerprint density at radius 2 is 0.850 bits per heavy atom. The van der Waals surface area contributed by atoms with Crippen LogP contribution in [0.4, 0.5) is 0 Å². The van der Waals surface area contributed by atoms with E-state index in [4.69, 9.17) is 0 Å². The average Bonchev–Trinajstić information content (AvgIpc) is 2.42. The molecule has 1 aliphatic rings. The van der Waals surface area contributed by atoms with E-state index < -0.39 is 0 Å². The molecule has 1 rings (SSSR count). The predicted octanol–water partition coefficient (Wildman–Crippen LogP) is 8.03. The van der Waals surface area contributed by atoms with Gasteiger partial charge < -0.3 is 0 Å². The highest BCUT2D eigenvalue weighted by Crippen LogP contribution is 2.33. The molecule has 20 heavy (non-hydrogen) atoms. The maximum atomic E-state index is 2.34. The Bertz CT molecular complexity index is 174. The van der Waals surface area contributed by atoms with Crippen LogP contribution in [0.2, 0.25) is 0 Å². The van der Waals surface area contributed by atoms with Gasteiger partial charge in [-0.05, 0) is 37.5 Å². The van der Waals surface area contributed by atoms with Crippen molar-refractivity contribution in [2.24, 2.45) is 11.8 Å². The molecule has 0 fully saturated rings. The zero-order chi connectivity index (χ0) is 16.6. The summed E-state index contributed by atoms with van der Waals surface area (Å²) in [5, 5.41) is 0. The normalized spacial score (nSPS) is 13.8. The number of hydrogen-bond acceptors (Lipinski definition) is 0. The summed E-state index contributed by atoms with van der Waals surface area (Å²) >= 11 is 0. The summed E-state index contributed by atoms with van der Waals surface area (Å²) in [6.45, 7) is 21.8. The number of allylic oxidation sites excluding steroid dienone is 2. The van der Waals surface area contributed by atoms with Gasteiger partial charge >= 0.3 is 0 Å². The number of rotatable bonds is 2. The summed E-state index contributed by atoms with van der Waals surface area (Å²) in [7, 11) is 0. The highest BCUT2D eigenvalue weighted by molar-refractivity contribution is 5.20. The minimum absolute atomic E-state index is 0.780. The van der Waals surface area contributed by atoms with Crippen LogP contribution in [0.25, 0.3) is 0 Å². The van der Waals surface area contributed by atoms with Gasteiger partial charge in [0.25, 0.3) is 0 Å². The van der Waals surface area contributed by atoms with Gasteiger partial charge in [-0.15, -0.1) is 0 Å². The molecule has 0 aromatic heterocycles. The van der Waals surface area contributed by atoms with E-state index in [1.54, 1.807) is 11.1 Å². The van der Waals surface area contributed by atoms with Crippen LogP contribution in [-0.4, -0.2) is 0 Å². The zero-order valence-corrected chi connectivity index (χ0v) is 16.4. The van der Waals surface area contributed by atoms with Crippen molar-refractivity contribution in [3.05, 3.63) is 11.1 Å². The van der Waals surface area contributed by atoms with Crippen LogP contribution in [0.5, 0.6) is 0 Å². The molecule has 0 radical (unpaired) electrons. The van der Waals surface area contributed by atoms with Crippen LogP contribution in [-0.2, 0) is 0 Å². The highest BCUT2D eigenvalue weighted by Gasteiger charge is 2.16. The van der Waals surface area contributed by atoms with E-state index >= 15 is 0 Å². The molecule has 0 saturated heterocycles. The quantitative estimate of drug-likeness (QED) is 0.450. The lowest BCUT2D eigenvalue weighted by molar-refractivity contribution is 0.549. The molecule has 0 aliphatic heterocycles. The van der Waals surface area contributed by atoms with Crippen LogP contribution in [0.15, 0.2) is 11.1 Å². The Morgan fingerprint density at radius 3 is 1.00 bits per heavy atom. The Kier molecular flexibility index (Phi) is 23.2. The van der Waals surface area contributed by atoms with E-state index in [1.165, 1.54) is 38.5 Å². The Morgan fingerprint density at radius 1 is 0.650 bits per heavy atom. The van der Waals surface area contributed by atoms with Crippen LogP contribution in [0, 0.1) is 11.8 Å². The van der Waals surface area contributed by atoms with E-state index in [0.29, 0.717) is 0 Å². The fourth-order valence-electron chi connectivity index (χ4n) is 2.27. The minimum atomic E-state index is 0.780. The molecule has 0 bridgehead atoms. The number of hydrogen-bond donors (Lipinski definition) is 0. The van der Waals surface area contributed by atoms with Crippen LogP contribution in [0.1, 0.15) is 108 Å². The molecular formula is C20H44. The fraction of sp³-hybridized carbons (Fsp3) is 0.900. The van der Waals surface area contributed by atoms with Crippen LogP contribution >= 0.6 is 0 Å². The van der Waals surface area contributed by atoms with Crippen LogP contribution < -0.4 is 0 Å². The van der Waals surface area contributed by atoms with E-state index in [-0.39, 0.29) is 0 Å². The molecule has 0 heteroatoms. The first kappa shape index (κ1) is 24.7. The molecule has 0 N–H and O–H groups in total. The van der Waals surface area contributed by atoms with Gasteiger partial charge in [0, 0.05) is 0 Å². The van der Waals surface area contributed by atoms with Gasteiger partial charge in [0.15, 0.2) is 0 Å². The average molecular weight is 285 g/mol. The molecule has 124 valence electrons. The molecule has 0 atom stereocenters. The van der Waals surface area contributed by atoms with Gasteiger partial charge in [-0.3, -0.25) is 0 Å². The maximum absolute atomic E-state index is 2.34. The standard InChI is InChI=1S/C12H22.2C3H8.C2H6/c1-9(2)11-7-5-6-8-12(11)10(3)4;2*1-3-2;1-2/h9-10H,5-8H2,1-4H3;2*3H2,1-2H3;1-2H3. The first-order valence-corrected chi connectivity index (χ1v) is 9.17. The van der Waals surface area contributed by atoms with Gasteiger partial charge in [-0.25, -0.2) is 0 Å². The topological polar surface area (TPSA) is 0 Å². The summed E-state index contributed by atoms with van der Waals surface area (Å²) in [4.78, 5) is 0. The summed E-state index contributed by atoms with van der Waals surface area (Å²) in [6, 6.07) is 0. The van der Waals surface area contributed by atoms with Crippen molar-refractivity contribution in [1.29, 1.82) is 0 Å². The van der Waals surface area contributed by atoms with Gasteiger partial charge in [0.05, 0.1) is 0 Å². The van der Waals surface area contributed by atoms with Gasteiger partial charge in [0.1, 0.15) is 0 Å². The smallest absolute Gasteiger partial charge is 0.0257 e. The Labute approximate surface area is 131 Å². The third-order valence-corrected chi connectivity index (χ3v) is 2.95. The van der Waals surface area contributed by atoms with Gasteiger partial charge in [0.2, 0.25) is 0 Å². The van der Waals surface area contributed by atoms with Crippen molar-refractivity contribution in [2.45, 2.75) is 108 Å². The van der Waals surface area contributed by atoms with Crippen molar-refractivity contribution in [1.82, 2.24) is 0 Å². The first-order valence-electron chi connectivity index (χ1n) is 9.17. The maximum Gasteiger partial charge on any atom is -0.0257 e. The Hall–Kier alpha value is -0.260. The van der Waals surface area contributed by atoms with Crippen molar-refractivity contribution in [3.8, 4) is 0 Å². The zero-order valence-electron chi connectivity index (χ0n) is 16.4. The van der Waals surface area contributed by atoms with Crippen molar-refractivity contribution >= 4 is 0 Å². The van der Waals surface area contributed by atoms with Crippen molar-refractivity contribution in [3.63, 3.8) is 0 Å². The first-order chi connectivity index (χ1) is 9.45. The van der Waals surface area contributed by atoms with Gasteiger partial charge in [-0.1, -0.05) is 93.2 Å². The van der Waals surface area contributed by atoms with E-state index in [9.17, 15) is 0 Å². The summed E-state index contributed by atoms with van der Waals surface area (Å²) in [6.07, 6.45) is 8.07. The molecule has 0 aromatic rings. The Balaban J connectivity index is -0.000000304. The van der Waals surface area contributed by atoms with Crippen LogP contribution in [0.3, 0.4) is 0 Å². The molecule has 0 spiro atoms. The lowest BCUT2D eigenvalue weighted by atomic mass is 9.81. The molecule has 0 aromatic carbocycles. The fourth-order valence-corrected chi connectivity index (χ4v) is 2.27. The van der Waals surface area contributed by atoms with E-state index in [0.717, 1.165) is 11.8 Å². The largest absolute Gasteiger partial charge is 0.0683 e. The minimum Gasteiger partial charge on any atom is -0.0683 e. The summed E-state index contributed by atoms with van der Waals surface area (Å²) in [5.74, 6) is 1.56. The summed E-state index contributed by atoms with van der Waals surface area (Å²) < 4.78 is 0. The second kappa shape index (κ2) is 18.7. The molecule has 0 amide bonds. The highest BCUT2D eigenvalue weighted by atomic mass is 14.2. The second-order valence-electron chi connectivity index (χ2n) is 5.98. The van der Waals surface area contributed by atoms with Crippen molar-refractivity contribution in [2.75, 3.05) is 0 Å². The third kappa shape index (κ3) is 14.2. The third-order valence-electron chi connectivity index (χ3n) is 2.95. The monoisotopic (exact) mass is 284 g/mol.